The average Bonchev–Trinajstić information content (AvgIpc) is 3.18. The van der Waals surface area contributed by atoms with Gasteiger partial charge in [0.2, 0.25) is 0 Å². The minimum Gasteiger partial charge on any atom is -0.467 e. The summed E-state index contributed by atoms with van der Waals surface area (Å²) in [6.07, 6.45) is -10.1. The van der Waals surface area contributed by atoms with E-state index in [-0.39, 0.29) is 25.4 Å². The Morgan fingerprint density at radius 3 is 1.81 bits per heavy atom. The van der Waals surface area contributed by atoms with Crippen LogP contribution in [0.1, 0.15) is 35.3 Å². The van der Waals surface area contributed by atoms with Crippen molar-refractivity contribution >= 4 is 17.9 Å². The van der Waals surface area contributed by atoms with E-state index in [1.807, 2.05) is 60.7 Å². The molecule has 0 spiro atoms. The molecule has 3 aromatic rings. The van der Waals surface area contributed by atoms with Crippen molar-refractivity contribution in [3.05, 3.63) is 120 Å². The number of benzene rings is 3. The lowest BCUT2D eigenvalue weighted by molar-refractivity contribution is -0.359. The van der Waals surface area contributed by atoms with Crippen LogP contribution in [0.3, 0.4) is 0 Å². The molecule has 0 radical (unpaired) electrons. The van der Waals surface area contributed by atoms with Crippen LogP contribution in [0, 0.1) is 0 Å². The maximum absolute atomic E-state index is 13.5. The first-order valence-electron chi connectivity index (χ1n) is 17.3. The van der Waals surface area contributed by atoms with Crippen LogP contribution in [0.15, 0.2) is 104 Å². The van der Waals surface area contributed by atoms with Gasteiger partial charge in [0, 0.05) is 14.0 Å². The highest BCUT2D eigenvalue weighted by atomic mass is 16.8. The van der Waals surface area contributed by atoms with Crippen molar-refractivity contribution in [2.75, 3.05) is 20.8 Å². The van der Waals surface area contributed by atoms with Crippen LogP contribution in [0.5, 0.6) is 0 Å². The second kappa shape index (κ2) is 19.6. The molecule has 0 aliphatic carbocycles. The third kappa shape index (κ3) is 10.4. The van der Waals surface area contributed by atoms with E-state index in [0.29, 0.717) is 0 Å². The summed E-state index contributed by atoms with van der Waals surface area (Å²) in [6, 6.07) is 27.2. The van der Waals surface area contributed by atoms with Gasteiger partial charge in [0.05, 0.1) is 38.6 Å². The fourth-order valence-corrected chi connectivity index (χ4v) is 6.22. The molecular formula is C40H46O13. The van der Waals surface area contributed by atoms with Crippen LogP contribution in [0.2, 0.25) is 0 Å². The fraction of sp³-hybridized carbons (Fsp3) is 0.425. The lowest BCUT2D eigenvalue weighted by Crippen LogP contribution is -2.66. The average molecular weight is 735 g/mol. The van der Waals surface area contributed by atoms with Crippen molar-refractivity contribution in [1.29, 1.82) is 0 Å². The molecule has 10 atom stereocenters. The van der Waals surface area contributed by atoms with Gasteiger partial charge in [-0.1, -0.05) is 84.9 Å². The number of methoxy groups -OCH3 is 2. The first-order chi connectivity index (χ1) is 25.7. The Morgan fingerprint density at radius 1 is 0.679 bits per heavy atom. The molecule has 0 amide bonds. The minimum absolute atomic E-state index is 0.0746. The predicted octanol–water partition coefficient (Wildman–Crippen LogP) is 4.56. The molecule has 0 aromatic heterocycles. The van der Waals surface area contributed by atoms with E-state index in [9.17, 15) is 14.4 Å². The SMILES string of the molecule is C=CCO[C@@H]1[C@@H](OC(=O)c2ccccc2)[C@@H](OC(C)=O)[C@H](O[C@@H]2[C@H](OCc3ccccc3)[C@@H](OCc3ccccc3)[C@@H](OC)O[C@@H]2C(=O)OC)O[C@H]1C. The van der Waals surface area contributed by atoms with Crippen LogP contribution in [-0.4, -0.2) is 100 Å². The predicted molar refractivity (Wildman–Crippen MR) is 188 cm³/mol. The van der Waals surface area contributed by atoms with E-state index in [2.05, 4.69) is 6.58 Å². The Labute approximate surface area is 308 Å². The Morgan fingerprint density at radius 2 is 1.26 bits per heavy atom. The number of rotatable bonds is 16. The van der Waals surface area contributed by atoms with Gasteiger partial charge in [-0.3, -0.25) is 4.79 Å². The van der Waals surface area contributed by atoms with Crippen molar-refractivity contribution in [2.24, 2.45) is 0 Å². The summed E-state index contributed by atoms with van der Waals surface area (Å²) in [7, 11) is 2.63. The summed E-state index contributed by atoms with van der Waals surface area (Å²) < 4.78 is 60.8. The minimum atomic E-state index is -1.44. The molecule has 284 valence electrons. The number of ether oxygens (including phenoxy) is 10. The van der Waals surface area contributed by atoms with Crippen LogP contribution in [0.25, 0.3) is 0 Å². The first-order valence-corrected chi connectivity index (χ1v) is 17.3. The van der Waals surface area contributed by atoms with Crippen molar-refractivity contribution in [3.63, 3.8) is 0 Å². The van der Waals surface area contributed by atoms with Gasteiger partial charge in [0.1, 0.15) is 24.4 Å². The Hall–Kier alpha value is -4.47. The van der Waals surface area contributed by atoms with Gasteiger partial charge in [0.15, 0.2) is 30.9 Å². The smallest absolute Gasteiger partial charge is 0.338 e. The lowest BCUT2D eigenvalue weighted by Gasteiger charge is -2.48. The number of esters is 3. The zero-order valence-corrected chi connectivity index (χ0v) is 30.1. The zero-order valence-electron chi connectivity index (χ0n) is 30.1. The molecule has 3 aromatic carbocycles. The molecule has 53 heavy (non-hydrogen) atoms. The first kappa shape index (κ1) is 39.7. The maximum atomic E-state index is 13.5. The summed E-state index contributed by atoms with van der Waals surface area (Å²) in [6.45, 7) is 6.93. The van der Waals surface area contributed by atoms with E-state index >= 15 is 0 Å². The van der Waals surface area contributed by atoms with Gasteiger partial charge in [-0.05, 0) is 30.2 Å². The van der Waals surface area contributed by atoms with E-state index in [4.69, 9.17) is 47.4 Å². The van der Waals surface area contributed by atoms with Gasteiger partial charge >= 0.3 is 17.9 Å². The van der Waals surface area contributed by atoms with E-state index < -0.39 is 79.3 Å². The zero-order chi connectivity index (χ0) is 37.7. The molecule has 2 heterocycles. The number of carbonyl (C=O) groups excluding carboxylic acids is 3. The lowest BCUT2D eigenvalue weighted by atomic mass is 9.96. The van der Waals surface area contributed by atoms with Crippen molar-refractivity contribution in [3.8, 4) is 0 Å². The summed E-state index contributed by atoms with van der Waals surface area (Å²) in [5.41, 5.74) is 1.96. The fourth-order valence-electron chi connectivity index (χ4n) is 6.22. The summed E-state index contributed by atoms with van der Waals surface area (Å²) in [4.78, 5) is 39.6. The molecule has 2 aliphatic heterocycles. The topological polar surface area (TPSA) is 144 Å². The van der Waals surface area contributed by atoms with Crippen molar-refractivity contribution in [1.82, 2.24) is 0 Å². The summed E-state index contributed by atoms with van der Waals surface area (Å²) >= 11 is 0. The highest BCUT2D eigenvalue weighted by molar-refractivity contribution is 5.89. The quantitative estimate of drug-likeness (QED) is 0.115. The molecule has 5 rings (SSSR count). The standard InChI is InChI=1S/C40H46O13/c1-6-22-46-30-25(2)49-40(36(50-26(3)41)32(30)51-37(42)29-20-14-9-15-21-29)52-33-31(47-23-27-16-10-7-11-17-27)35(48-24-28-18-12-8-13-19-28)39(45-5)53-34(33)38(43)44-4/h6-21,25,30-36,39-40H,1,22-24H2,2-5H3/t25-,30-,31-,32+,33+,34-,35+,36+,39-,40-/m0/s1. The monoisotopic (exact) mass is 734 g/mol. The molecule has 0 saturated carbocycles. The van der Waals surface area contributed by atoms with E-state index in [1.54, 1.807) is 37.3 Å². The largest absolute Gasteiger partial charge is 0.467 e. The summed E-state index contributed by atoms with van der Waals surface area (Å²) in [5, 5.41) is 0. The molecule has 2 fully saturated rings. The van der Waals surface area contributed by atoms with Gasteiger partial charge in [-0.2, -0.15) is 0 Å². The van der Waals surface area contributed by atoms with E-state index in [0.717, 1.165) is 11.1 Å². The normalized spacial score (nSPS) is 28.4. The molecule has 2 aliphatic rings. The Balaban J connectivity index is 1.53. The number of hydrogen-bond donors (Lipinski definition) is 0. The summed E-state index contributed by atoms with van der Waals surface area (Å²) in [5.74, 6) is -2.20. The molecule has 0 bridgehead atoms. The van der Waals surface area contributed by atoms with Crippen molar-refractivity contribution in [2.45, 2.75) is 88.5 Å². The molecule has 2 saturated heterocycles. The Bertz CT molecular complexity index is 1600. The van der Waals surface area contributed by atoms with Crippen LogP contribution >= 0.6 is 0 Å². The van der Waals surface area contributed by atoms with Gasteiger partial charge in [-0.25, -0.2) is 9.59 Å². The van der Waals surface area contributed by atoms with Gasteiger partial charge in [0.25, 0.3) is 0 Å². The Kier molecular flexibility index (Phi) is 14.7. The van der Waals surface area contributed by atoms with Crippen LogP contribution in [-0.2, 0) is 70.2 Å². The third-order valence-corrected chi connectivity index (χ3v) is 8.71. The molecular weight excluding hydrogens is 688 g/mol. The number of carbonyl (C=O) groups is 3. The highest BCUT2D eigenvalue weighted by Gasteiger charge is 2.56. The second-order valence-corrected chi connectivity index (χ2v) is 12.4. The second-order valence-electron chi connectivity index (χ2n) is 12.4. The number of hydrogen-bond acceptors (Lipinski definition) is 13. The van der Waals surface area contributed by atoms with E-state index in [1.165, 1.54) is 27.2 Å². The van der Waals surface area contributed by atoms with Crippen LogP contribution < -0.4 is 0 Å². The van der Waals surface area contributed by atoms with Crippen molar-refractivity contribution < 1.29 is 61.8 Å². The van der Waals surface area contributed by atoms with Crippen LogP contribution in [0.4, 0.5) is 0 Å². The van der Waals surface area contributed by atoms with Gasteiger partial charge in [-0.15, -0.1) is 6.58 Å². The molecule has 0 N–H and O–H groups in total. The molecule has 13 nitrogen and oxygen atoms in total. The highest BCUT2D eigenvalue weighted by Crippen LogP contribution is 2.36. The molecule has 0 unspecified atom stereocenters. The maximum Gasteiger partial charge on any atom is 0.338 e. The van der Waals surface area contributed by atoms with Gasteiger partial charge < -0.3 is 47.4 Å². The molecule has 13 heteroatoms. The third-order valence-electron chi connectivity index (χ3n) is 8.71.